The molecule has 0 radical (unpaired) electrons. The molecule has 4 nitrogen and oxygen atoms in total. The molecule has 1 aliphatic heterocycles. The lowest BCUT2D eigenvalue weighted by Gasteiger charge is -2.21. The minimum Gasteiger partial charge on any atom is -0.486 e. The second kappa shape index (κ2) is 6.81. The van der Waals surface area contributed by atoms with E-state index in [-0.39, 0.29) is 12.3 Å². The zero-order valence-electron chi connectivity index (χ0n) is 13.1. The number of thiophene rings is 1. The van der Waals surface area contributed by atoms with Crippen LogP contribution in [0.2, 0.25) is 5.02 Å². The molecule has 0 N–H and O–H groups in total. The summed E-state index contributed by atoms with van der Waals surface area (Å²) in [4.78, 5) is 15.4. The first kappa shape index (κ1) is 16.1. The first-order valence-corrected chi connectivity index (χ1v) is 8.65. The van der Waals surface area contributed by atoms with Crippen molar-refractivity contribution in [2.24, 2.45) is 0 Å². The van der Waals surface area contributed by atoms with Gasteiger partial charge in [-0.25, -0.2) is 0 Å². The highest BCUT2D eigenvalue weighted by atomic mass is 35.5. The molecule has 0 aliphatic carbocycles. The average molecular weight is 352 g/mol. The van der Waals surface area contributed by atoms with Crippen LogP contribution in [0.15, 0.2) is 23.6 Å². The molecule has 0 bridgehead atoms. The van der Waals surface area contributed by atoms with E-state index in [9.17, 15) is 4.79 Å². The summed E-state index contributed by atoms with van der Waals surface area (Å²) in [7, 11) is 1.82. The lowest BCUT2D eigenvalue weighted by molar-refractivity contribution is -0.129. The molecular weight excluding hydrogens is 334 g/mol. The highest BCUT2D eigenvalue weighted by Crippen LogP contribution is 2.38. The summed E-state index contributed by atoms with van der Waals surface area (Å²) in [5.41, 5.74) is 2.05. The predicted octanol–water partition coefficient (Wildman–Crippen LogP) is 3.68. The number of rotatable bonds is 4. The van der Waals surface area contributed by atoms with E-state index < -0.39 is 0 Å². The summed E-state index contributed by atoms with van der Waals surface area (Å²) < 4.78 is 11.0. The van der Waals surface area contributed by atoms with E-state index in [1.165, 1.54) is 10.4 Å². The highest BCUT2D eigenvalue weighted by molar-refractivity contribution is 7.10. The number of carbonyl (C=O) groups is 1. The molecule has 23 heavy (non-hydrogen) atoms. The van der Waals surface area contributed by atoms with E-state index >= 15 is 0 Å². The first-order chi connectivity index (χ1) is 11.0. The van der Waals surface area contributed by atoms with Gasteiger partial charge in [-0.3, -0.25) is 4.79 Å². The lowest BCUT2D eigenvalue weighted by atomic mass is 10.1. The van der Waals surface area contributed by atoms with Crippen molar-refractivity contribution in [2.45, 2.75) is 19.9 Å². The Bertz CT molecular complexity index is 729. The summed E-state index contributed by atoms with van der Waals surface area (Å²) >= 11 is 7.89. The van der Waals surface area contributed by atoms with Gasteiger partial charge < -0.3 is 14.4 Å². The van der Waals surface area contributed by atoms with Gasteiger partial charge in [-0.2, -0.15) is 0 Å². The molecule has 0 spiro atoms. The maximum Gasteiger partial charge on any atom is 0.227 e. The van der Waals surface area contributed by atoms with Crippen molar-refractivity contribution in [3.63, 3.8) is 0 Å². The zero-order chi connectivity index (χ0) is 16.4. The molecule has 0 saturated heterocycles. The monoisotopic (exact) mass is 351 g/mol. The van der Waals surface area contributed by atoms with Crippen molar-refractivity contribution in [3.05, 3.63) is 44.6 Å². The molecule has 1 aromatic carbocycles. The molecule has 122 valence electrons. The van der Waals surface area contributed by atoms with E-state index in [1.54, 1.807) is 22.3 Å². The number of amides is 1. The van der Waals surface area contributed by atoms with Crippen LogP contribution >= 0.6 is 22.9 Å². The van der Waals surface area contributed by atoms with Crippen LogP contribution in [0.4, 0.5) is 0 Å². The lowest BCUT2D eigenvalue weighted by Crippen LogP contribution is -2.27. The number of carbonyl (C=O) groups excluding carboxylic acids is 1. The number of hydrogen-bond donors (Lipinski definition) is 0. The number of nitrogens with zero attached hydrogens (tertiary/aromatic N) is 1. The predicted molar refractivity (Wildman–Crippen MR) is 91.7 cm³/mol. The number of likely N-dealkylation sites (N-methyl/N-ethyl adjacent to an activating group) is 1. The molecule has 0 saturated carbocycles. The van der Waals surface area contributed by atoms with Crippen LogP contribution in [-0.2, 0) is 17.8 Å². The Morgan fingerprint density at radius 1 is 1.35 bits per heavy atom. The second-order valence-electron chi connectivity index (χ2n) is 5.56. The summed E-state index contributed by atoms with van der Waals surface area (Å²) in [5, 5.41) is 2.53. The smallest absolute Gasteiger partial charge is 0.227 e. The van der Waals surface area contributed by atoms with E-state index in [0.29, 0.717) is 36.3 Å². The molecule has 1 amide bonds. The molecule has 0 unspecified atom stereocenters. The average Bonchev–Trinajstić information content (AvgIpc) is 2.92. The highest BCUT2D eigenvalue weighted by Gasteiger charge is 2.19. The van der Waals surface area contributed by atoms with Crippen molar-refractivity contribution in [1.29, 1.82) is 0 Å². The van der Waals surface area contributed by atoms with Crippen LogP contribution in [0.25, 0.3) is 0 Å². The zero-order valence-corrected chi connectivity index (χ0v) is 14.7. The maximum absolute atomic E-state index is 12.4. The van der Waals surface area contributed by atoms with Gasteiger partial charge in [0.2, 0.25) is 5.91 Å². The van der Waals surface area contributed by atoms with Crippen LogP contribution in [-0.4, -0.2) is 31.1 Å². The number of benzene rings is 1. The molecule has 1 aliphatic rings. The van der Waals surface area contributed by atoms with Gasteiger partial charge in [0.05, 0.1) is 18.0 Å². The SMILES string of the molecule is Cc1ccsc1CN(C)C(=O)Cc1cc(Cl)c2c(c1)OCCO2. The van der Waals surface area contributed by atoms with Gasteiger partial charge in [0.1, 0.15) is 13.2 Å². The van der Waals surface area contributed by atoms with Gasteiger partial charge in [0, 0.05) is 11.9 Å². The van der Waals surface area contributed by atoms with Crippen LogP contribution in [0.3, 0.4) is 0 Å². The van der Waals surface area contributed by atoms with Crippen molar-refractivity contribution < 1.29 is 14.3 Å². The van der Waals surface area contributed by atoms with Crippen molar-refractivity contribution in [3.8, 4) is 11.5 Å². The molecule has 3 rings (SSSR count). The Kier molecular flexibility index (Phi) is 4.78. The molecule has 1 aromatic heterocycles. The fourth-order valence-electron chi connectivity index (χ4n) is 2.45. The topological polar surface area (TPSA) is 38.8 Å². The van der Waals surface area contributed by atoms with Crippen LogP contribution < -0.4 is 9.47 Å². The second-order valence-corrected chi connectivity index (χ2v) is 6.96. The number of aryl methyl sites for hydroxylation is 1. The van der Waals surface area contributed by atoms with Crippen LogP contribution in [0, 0.1) is 6.92 Å². The number of hydrogen-bond acceptors (Lipinski definition) is 4. The first-order valence-electron chi connectivity index (χ1n) is 7.39. The maximum atomic E-state index is 12.4. The molecule has 0 atom stereocenters. The minimum absolute atomic E-state index is 0.0468. The summed E-state index contributed by atoms with van der Waals surface area (Å²) in [6.07, 6.45) is 0.289. The Morgan fingerprint density at radius 3 is 2.87 bits per heavy atom. The summed E-state index contributed by atoms with van der Waals surface area (Å²) in [6.45, 7) is 3.68. The Balaban J connectivity index is 1.70. The largest absolute Gasteiger partial charge is 0.486 e. The van der Waals surface area contributed by atoms with E-state index in [4.69, 9.17) is 21.1 Å². The normalized spacial score (nSPS) is 13.0. The van der Waals surface area contributed by atoms with Gasteiger partial charge in [-0.05, 0) is 41.6 Å². The fraction of sp³-hybridized carbons (Fsp3) is 0.353. The molecular formula is C17H18ClNO3S. The third-order valence-electron chi connectivity index (χ3n) is 3.79. The summed E-state index contributed by atoms with van der Waals surface area (Å²) in [5.74, 6) is 1.23. The van der Waals surface area contributed by atoms with Crippen molar-refractivity contribution >= 4 is 28.8 Å². The third-order valence-corrected chi connectivity index (χ3v) is 5.08. The Hall–Kier alpha value is -1.72. The third kappa shape index (κ3) is 3.62. The molecule has 2 heterocycles. The van der Waals surface area contributed by atoms with Gasteiger partial charge in [-0.15, -0.1) is 11.3 Å². The number of halogens is 1. The fourth-order valence-corrected chi connectivity index (χ4v) is 3.69. The van der Waals surface area contributed by atoms with Crippen LogP contribution in [0.5, 0.6) is 11.5 Å². The van der Waals surface area contributed by atoms with E-state index in [1.807, 2.05) is 18.5 Å². The molecule has 0 fully saturated rings. The summed E-state index contributed by atoms with van der Waals surface area (Å²) in [6, 6.07) is 5.68. The van der Waals surface area contributed by atoms with Gasteiger partial charge >= 0.3 is 0 Å². The van der Waals surface area contributed by atoms with Crippen molar-refractivity contribution in [2.75, 3.05) is 20.3 Å². The van der Waals surface area contributed by atoms with Gasteiger partial charge in [0.25, 0.3) is 0 Å². The molecule has 2 aromatic rings. The standard InChI is InChI=1S/C17H18ClNO3S/c1-11-3-6-23-15(11)10-19(2)16(20)9-12-7-13(18)17-14(8-12)21-4-5-22-17/h3,6-8H,4-5,9-10H2,1-2H3. The van der Waals surface area contributed by atoms with Crippen molar-refractivity contribution in [1.82, 2.24) is 4.90 Å². The van der Waals surface area contributed by atoms with Gasteiger partial charge in [-0.1, -0.05) is 11.6 Å². The Morgan fingerprint density at radius 2 is 2.13 bits per heavy atom. The van der Waals surface area contributed by atoms with Crippen LogP contribution in [0.1, 0.15) is 16.0 Å². The number of fused-ring (bicyclic) bond motifs is 1. The Labute approximate surface area is 144 Å². The van der Waals surface area contributed by atoms with E-state index in [0.717, 1.165) is 5.56 Å². The number of ether oxygens (including phenoxy) is 2. The van der Waals surface area contributed by atoms with E-state index in [2.05, 4.69) is 13.0 Å². The minimum atomic E-state index is 0.0468. The quantitative estimate of drug-likeness (QED) is 0.843. The molecule has 6 heteroatoms. The van der Waals surface area contributed by atoms with Gasteiger partial charge in [0.15, 0.2) is 11.5 Å².